The lowest BCUT2D eigenvalue weighted by molar-refractivity contribution is -0.143. The molecular formula is C51H97Cl2N7O10. The van der Waals surface area contributed by atoms with Crippen molar-refractivity contribution in [3.05, 3.63) is 24.4 Å². The Labute approximate surface area is 434 Å². The topological polar surface area (TPSA) is 123 Å². The van der Waals surface area contributed by atoms with Crippen molar-refractivity contribution in [1.82, 2.24) is 34.3 Å². The Hall–Kier alpha value is -1.23. The highest BCUT2D eigenvalue weighted by atomic mass is 35.5. The Kier molecular flexibility index (Phi) is 40.7. The summed E-state index contributed by atoms with van der Waals surface area (Å²) in [6, 6.07) is 0. The van der Waals surface area contributed by atoms with E-state index in [0.717, 1.165) is 255 Å². The van der Waals surface area contributed by atoms with E-state index in [1.54, 1.807) is 5.70 Å². The summed E-state index contributed by atoms with van der Waals surface area (Å²) in [6.07, 6.45) is 11.3. The van der Waals surface area contributed by atoms with Gasteiger partial charge in [-0.3, -0.25) is 34.2 Å². The van der Waals surface area contributed by atoms with E-state index in [4.69, 9.17) is 65.8 Å². The van der Waals surface area contributed by atoms with Crippen LogP contribution in [0, 0.1) is 0 Å². The number of nitrogens with zero attached hydrogens (tertiary/aromatic N) is 7. The number of morpholine rings is 7. The normalized spacial score (nSPS) is 22.3. The van der Waals surface area contributed by atoms with Gasteiger partial charge in [-0.2, -0.15) is 0 Å². The van der Waals surface area contributed by atoms with Crippen LogP contribution in [0.2, 0.25) is 0 Å². The lowest BCUT2D eigenvalue weighted by Crippen LogP contribution is -2.40. The van der Waals surface area contributed by atoms with Crippen LogP contribution in [0.4, 0.5) is 0 Å². The number of carbonyl (C=O) groups excluding carboxylic acids is 1. The van der Waals surface area contributed by atoms with Crippen molar-refractivity contribution in [3.63, 3.8) is 0 Å². The Balaban J connectivity index is 0.000000226. The van der Waals surface area contributed by atoms with Gasteiger partial charge in [0.2, 0.25) is 0 Å². The van der Waals surface area contributed by atoms with Crippen LogP contribution in [0.25, 0.3) is 0 Å². The molecule has 1 aliphatic carbocycles. The lowest BCUT2D eigenvalue weighted by atomic mass is 10.0. The molecule has 0 aromatic heterocycles. The molecule has 7 fully saturated rings. The first-order valence-electron chi connectivity index (χ1n) is 26.8. The largest absolute Gasteiger partial charge is 0.466 e. The number of esters is 1. The minimum Gasteiger partial charge on any atom is -0.466 e. The third-order valence-electron chi connectivity index (χ3n) is 12.7. The van der Waals surface area contributed by atoms with Crippen molar-refractivity contribution in [2.24, 2.45) is 0 Å². The fourth-order valence-electron chi connectivity index (χ4n) is 8.42. The van der Waals surface area contributed by atoms with E-state index in [-0.39, 0.29) is 5.97 Å². The number of hydrogen-bond acceptors (Lipinski definition) is 17. The summed E-state index contributed by atoms with van der Waals surface area (Å²) >= 11 is 11.1. The van der Waals surface area contributed by atoms with Crippen LogP contribution >= 0.6 is 23.2 Å². The van der Waals surface area contributed by atoms with Crippen LogP contribution in [0.5, 0.6) is 0 Å². The molecule has 8 aliphatic rings. The van der Waals surface area contributed by atoms with Crippen LogP contribution in [-0.4, -0.2) is 295 Å². The zero-order valence-corrected chi connectivity index (χ0v) is 45.2. The number of ether oxygens (including phenoxy) is 9. The molecule has 0 saturated carbocycles. The number of carbonyl (C=O) groups is 1. The zero-order valence-electron chi connectivity index (χ0n) is 43.7. The van der Waals surface area contributed by atoms with Crippen LogP contribution < -0.4 is 0 Å². The smallest absolute Gasteiger partial charge is 0.307 e. The molecule has 0 radical (unpaired) electrons. The van der Waals surface area contributed by atoms with Crippen LogP contribution in [-0.2, 0) is 47.4 Å². The molecule has 7 aliphatic heterocycles. The van der Waals surface area contributed by atoms with Crippen molar-refractivity contribution in [3.8, 4) is 0 Å². The minimum atomic E-state index is -0.103. The molecule has 17 nitrogen and oxygen atoms in total. The zero-order chi connectivity index (χ0) is 49.8. The first-order chi connectivity index (χ1) is 34.5. The minimum absolute atomic E-state index is 0.103. The van der Waals surface area contributed by atoms with Gasteiger partial charge in [0.05, 0.1) is 119 Å². The van der Waals surface area contributed by atoms with E-state index in [9.17, 15) is 4.79 Å². The number of hydrogen-bond donors (Lipinski definition) is 0. The van der Waals surface area contributed by atoms with Gasteiger partial charge in [-0.05, 0) is 45.6 Å². The molecule has 7 heterocycles. The van der Waals surface area contributed by atoms with Crippen LogP contribution in [0.3, 0.4) is 0 Å². The Morgan fingerprint density at radius 2 is 0.943 bits per heavy atom. The van der Waals surface area contributed by atoms with Gasteiger partial charge in [-0.1, -0.05) is 12.2 Å². The standard InChI is InChI=1S/C12H24N2O3.C10H17NO.C9H17NO3.C7H14ClNO.C7H13NO.C6H12ClNO/c1-7-15-8-2-13(1)5-11-17-12-6-14-3-9-16-10-4-14;1-2-4-10(5-3-1)11-6-8-12-9-7-11;1-2-13-9(11)3-4-10-5-7-12-8-6-10;8-2-1-3-9-4-6-10-7-5-9;1-2-3-8-4-6-9-7-5-8;7-1-2-8-3-5-9-6-4-8/h1-12H2;4H,1-3,5-9H2;2-8H2,1H3;1-7H2;2H,1,3-7H2;1-6H2. The summed E-state index contributed by atoms with van der Waals surface area (Å²) < 4.78 is 47.2. The second kappa shape index (κ2) is 45.2. The average Bonchev–Trinajstić information content (AvgIpc) is 3.43. The summed E-state index contributed by atoms with van der Waals surface area (Å²) in [5.41, 5.74) is 1.57. The quantitative estimate of drug-likeness (QED) is 0.0858. The van der Waals surface area contributed by atoms with Crippen molar-refractivity contribution < 1.29 is 47.4 Å². The van der Waals surface area contributed by atoms with Gasteiger partial charge < -0.3 is 47.5 Å². The van der Waals surface area contributed by atoms with E-state index >= 15 is 0 Å². The molecule has 0 spiro atoms. The van der Waals surface area contributed by atoms with Gasteiger partial charge in [0.15, 0.2) is 0 Å². The van der Waals surface area contributed by atoms with Gasteiger partial charge >= 0.3 is 5.97 Å². The summed E-state index contributed by atoms with van der Waals surface area (Å²) in [5.74, 6) is 1.41. The second-order valence-corrected chi connectivity index (χ2v) is 18.7. The number of alkyl halides is 2. The van der Waals surface area contributed by atoms with Crippen molar-refractivity contribution in [2.45, 2.75) is 45.4 Å². The molecular weight excluding hydrogens is 942 g/mol. The number of rotatable bonds is 18. The Bertz CT molecular complexity index is 1210. The number of allylic oxidation sites excluding steroid dienone is 2. The van der Waals surface area contributed by atoms with E-state index in [1.807, 2.05) is 13.0 Å². The molecule has 0 bridgehead atoms. The molecule has 0 atom stereocenters. The first kappa shape index (κ1) is 63.1. The molecule has 0 aromatic rings. The van der Waals surface area contributed by atoms with Crippen molar-refractivity contribution in [2.75, 3.05) is 255 Å². The van der Waals surface area contributed by atoms with Crippen molar-refractivity contribution >= 4 is 29.2 Å². The predicted octanol–water partition coefficient (Wildman–Crippen LogP) is 3.73. The van der Waals surface area contributed by atoms with E-state index in [0.29, 0.717) is 13.0 Å². The maximum absolute atomic E-state index is 11.0. The van der Waals surface area contributed by atoms with E-state index in [1.165, 1.54) is 25.7 Å². The fraction of sp³-hybridized carbons (Fsp3) is 0.902. The third kappa shape index (κ3) is 33.6. The molecule has 410 valence electrons. The summed E-state index contributed by atoms with van der Waals surface area (Å²) in [5, 5.41) is 0. The van der Waals surface area contributed by atoms with Gasteiger partial charge in [0.1, 0.15) is 0 Å². The second-order valence-electron chi connectivity index (χ2n) is 17.9. The molecule has 70 heavy (non-hydrogen) atoms. The average molecular weight is 1040 g/mol. The SMILES string of the molecule is C1=C(N2CCOCC2)CCCC1.C1CN(CCOCCN2CCOCC2)CCO1.C=CCN1CCOCC1.CCOC(=O)CCN1CCOCC1.ClCCCN1CCOCC1.ClCCN1CCOCC1. The summed E-state index contributed by atoms with van der Waals surface area (Å²) in [7, 11) is 0. The molecule has 0 amide bonds. The number of halogens is 2. The molecule has 0 unspecified atom stereocenters. The maximum Gasteiger partial charge on any atom is 0.307 e. The van der Waals surface area contributed by atoms with Crippen LogP contribution in [0.1, 0.15) is 45.4 Å². The molecule has 8 rings (SSSR count). The highest BCUT2D eigenvalue weighted by Crippen LogP contribution is 2.21. The highest BCUT2D eigenvalue weighted by molar-refractivity contribution is 6.18. The Morgan fingerprint density at radius 3 is 1.33 bits per heavy atom. The van der Waals surface area contributed by atoms with E-state index in [2.05, 4.69) is 47.0 Å². The highest BCUT2D eigenvalue weighted by Gasteiger charge is 2.16. The van der Waals surface area contributed by atoms with Crippen LogP contribution in [0.15, 0.2) is 24.4 Å². The first-order valence-corrected chi connectivity index (χ1v) is 27.9. The monoisotopic (exact) mass is 1040 g/mol. The summed E-state index contributed by atoms with van der Waals surface area (Å²) in [6.45, 7) is 40.4. The molecule has 0 aromatic carbocycles. The maximum atomic E-state index is 11.0. The van der Waals surface area contributed by atoms with Crippen molar-refractivity contribution in [1.29, 1.82) is 0 Å². The van der Waals surface area contributed by atoms with Gasteiger partial charge in [-0.25, -0.2) is 0 Å². The molecule has 7 saturated heterocycles. The molecule has 19 heteroatoms. The summed E-state index contributed by atoms with van der Waals surface area (Å²) in [4.78, 5) is 27.6. The van der Waals surface area contributed by atoms with E-state index < -0.39 is 0 Å². The molecule has 0 N–H and O–H groups in total. The fourth-order valence-corrected chi connectivity index (χ4v) is 8.78. The van der Waals surface area contributed by atoms with Gasteiger partial charge in [-0.15, -0.1) is 29.8 Å². The van der Waals surface area contributed by atoms with Gasteiger partial charge in [0, 0.05) is 142 Å². The predicted molar refractivity (Wildman–Crippen MR) is 281 cm³/mol. The Morgan fingerprint density at radius 1 is 0.543 bits per heavy atom. The van der Waals surface area contributed by atoms with Gasteiger partial charge in [0.25, 0.3) is 0 Å². The lowest BCUT2D eigenvalue weighted by Gasteiger charge is -2.32. The third-order valence-corrected chi connectivity index (χ3v) is 13.2.